The van der Waals surface area contributed by atoms with E-state index in [2.05, 4.69) is 20.8 Å². The number of halogens is 1. The van der Waals surface area contributed by atoms with Gasteiger partial charge in [0.05, 0.1) is 6.04 Å². The first-order valence-electron chi connectivity index (χ1n) is 5.65. The molecule has 4 N–H and O–H groups in total. The van der Waals surface area contributed by atoms with E-state index in [1.165, 1.54) is 0 Å². The fourth-order valence-corrected chi connectivity index (χ4v) is 2.64. The van der Waals surface area contributed by atoms with Crippen LogP contribution in [0, 0.1) is 0 Å². The summed E-state index contributed by atoms with van der Waals surface area (Å²) in [5.41, 5.74) is 13.1. The maximum absolute atomic E-state index is 11.3. The predicted octanol–water partition coefficient (Wildman–Crippen LogP) is 1.48. The molecule has 1 aliphatic heterocycles. The minimum atomic E-state index is -0.238. The van der Waals surface area contributed by atoms with Gasteiger partial charge in [-0.3, -0.25) is 9.69 Å². The number of likely N-dealkylation sites (tertiary alicyclic amines) is 1. The predicted molar refractivity (Wildman–Crippen MR) is 71.2 cm³/mol. The maximum Gasteiger partial charge on any atom is 0.234 e. The molecule has 5 heteroatoms. The third-order valence-corrected chi connectivity index (χ3v) is 3.67. The maximum atomic E-state index is 11.3. The molecule has 2 rings (SSSR count). The topological polar surface area (TPSA) is 72.4 Å². The lowest BCUT2D eigenvalue weighted by molar-refractivity contribution is -0.122. The van der Waals surface area contributed by atoms with Gasteiger partial charge in [-0.15, -0.1) is 0 Å². The van der Waals surface area contributed by atoms with Gasteiger partial charge in [-0.25, -0.2) is 0 Å². The third-order valence-electron chi connectivity index (χ3n) is 3.17. The van der Waals surface area contributed by atoms with E-state index in [-0.39, 0.29) is 11.9 Å². The van der Waals surface area contributed by atoms with E-state index in [1.54, 1.807) is 0 Å². The van der Waals surface area contributed by atoms with Crippen molar-refractivity contribution < 1.29 is 4.79 Å². The van der Waals surface area contributed by atoms with Gasteiger partial charge in [0.25, 0.3) is 0 Å². The number of benzene rings is 1. The van der Waals surface area contributed by atoms with E-state index < -0.39 is 0 Å². The Labute approximate surface area is 109 Å². The Balaban J connectivity index is 2.12. The summed E-state index contributed by atoms with van der Waals surface area (Å²) in [6.07, 6.45) is 1.87. The summed E-state index contributed by atoms with van der Waals surface area (Å²) in [5, 5.41) is 0. The van der Waals surface area contributed by atoms with Crippen LogP contribution in [0.2, 0.25) is 0 Å². The molecule has 1 fully saturated rings. The van der Waals surface area contributed by atoms with Crippen LogP contribution in [0.4, 0.5) is 5.69 Å². The van der Waals surface area contributed by atoms with Crippen LogP contribution in [0.25, 0.3) is 0 Å². The van der Waals surface area contributed by atoms with E-state index in [0.29, 0.717) is 6.54 Å². The minimum absolute atomic E-state index is 0.141. The van der Waals surface area contributed by atoms with Crippen LogP contribution >= 0.6 is 15.9 Å². The van der Waals surface area contributed by atoms with Crippen molar-refractivity contribution in [3.05, 3.63) is 28.2 Å². The van der Waals surface area contributed by atoms with Gasteiger partial charge in [-0.2, -0.15) is 0 Å². The highest BCUT2D eigenvalue weighted by molar-refractivity contribution is 9.10. The van der Waals surface area contributed by atoms with Gasteiger partial charge in [0.15, 0.2) is 0 Å². The van der Waals surface area contributed by atoms with Gasteiger partial charge < -0.3 is 11.5 Å². The molecule has 0 bridgehead atoms. The average Bonchev–Trinajstić information content (AvgIpc) is 2.70. The summed E-state index contributed by atoms with van der Waals surface area (Å²) in [7, 11) is 0. The summed E-state index contributed by atoms with van der Waals surface area (Å²) in [6.45, 7) is 1.59. The van der Waals surface area contributed by atoms with Gasteiger partial charge >= 0.3 is 0 Å². The number of nitrogen functional groups attached to an aromatic ring is 1. The smallest absolute Gasteiger partial charge is 0.234 e. The number of nitrogens with zero attached hydrogens (tertiary/aromatic N) is 1. The number of anilines is 1. The van der Waals surface area contributed by atoms with Crippen LogP contribution in [0.1, 0.15) is 18.4 Å². The number of hydrogen-bond acceptors (Lipinski definition) is 3. The van der Waals surface area contributed by atoms with Crippen LogP contribution in [0.5, 0.6) is 0 Å². The Morgan fingerprint density at radius 3 is 2.94 bits per heavy atom. The van der Waals surface area contributed by atoms with E-state index >= 15 is 0 Å². The molecule has 92 valence electrons. The van der Waals surface area contributed by atoms with Crippen molar-refractivity contribution in [1.29, 1.82) is 0 Å². The van der Waals surface area contributed by atoms with Crippen LogP contribution in [-0.4, -0.2) is 23.4 Å². The lowest BCUT2D eigenvalue weighted by Crippen LogP contribution is -2.39. The number of nitrogens with two attached hydrogens (primary N) is 2. The molecule has 1 aromatic rings. The lowest BCUT2D eigenvalue weighted by Gasteiger charge is -2.22. The SMILES string of the molecule is NC(=O)C1CCCN1Cc1ccc(Br)cc1N. The zero-order chi connectivity index (χ0) is 12.4. The van der Waals surface area contributed by atoms with Crippen molar-refractivity contribution in [2.75, 3.05) is 12.3 Å². The van der Waals surface area contributed by atoms with Crippen LogP contribution < -0.4 is 11.5 Å². The lowest BCUT2D eigenvalue weighted by atomic mass is 10.1. The summed E-state index contributed by atoms with van der Waals surface area (Å²) in [5.74, 6) is -0.238. The quantitative estimate of drug-likeness (QED) is 0.830. The first-order valence-corrected chi connectivity index (χ1v) is 6.44. The zero-order valence-corrected chi connectivity index (χ0v) is 11.1. The van der Waals surface area contributed by atoms with Crippen molar-refractivity contribution in [3.63, 3.8) is 0 Å². The molecular weight excluding hydrogens is 282 g/mol. The van der Waals surface area contributed by atoms with Gasteiger partial charge in [0.2, 0.25) is 5.91 Å². The molecule has 0 aromatic heterocycles. The standard InChI is InChI=1S/C12H16BrN3O/c13-9-4-3-8(10(14)6-9)7-16-5-1-2-11(16)12(15)17/h3-4,6,11H,1-2,5,7,14H2,(H2,15,17). The average molecular weight is 298 g/mol. The van der Waals surface area contributed by atoms with Gasteiger partial charge in [-0.1, -0.05) is 22.0 Å². The molecule has 17 heavy (non-hydrogen) atoms. The molecule has 1 aromatic carbocycles. The zero-order valence-electron chi connectivity index (χ0n) is 9.53. The molecule has 1 unspecified atom stereocenters. The normalized spacial score (nSPS) is 20.6. The Morgan fingerprint density at radius 1 is 1.53 bits per heavy atom. The number of carbonyl (C=O) groups is 1. The van der Waals surface area contributed by atoms with Gasteiger partial charge in [0, 0.05) is 16.7 Å². The molecule has 1 atom stereocenters. The number of hydrogen-bond donors (Lipinski definition) is 2. The Bertz CT molecular complexity index is 436. The van der Waals surface area contributed by atoms with E-state index in [1.807, 2.05) is 18.2 Å². The van der Waals surface area contributed by atoms with Gasteiger partial charge in [-0.05, 0) is 37.1 Å². The van der Waals surface area contributed by atoms with E-state index in [9.17, 15) is 4.79 Å². The highest BCUT2D eigenvalue weighted by Crippen LogP contribution is 2.24. The van der Waals surface area contributed by atoms with E-state index in [0.717, 1.165) is 35.1 Å². The number of rotatable bonds is 3. The number of carbonyl (C=O) groups excluding carboxylic acids is 1. The summed E-state index contributed by atoms with van der Waals surface area (Å²) in [4.78, 5) is 13.4. The minimum Gasteiger partial charge on any atom is -0.398 e. The Kier molecular flexibility index (Phi) is 3.69. The van der Waals surface area contributed by atoms with Crippen molar-refractivity contribution in [1.82, 2.24) is 4.90 Å². The first-order chi connectivity index (χ1) is 8.08. The summed E-state index contributed by atoms with van der Waals surface area (Å²) in [6, 6.07) is 5.68. The number of amides is 1. The second-order valence-electron chi connectivity index (χ2n) is 4.37. The third kappa shape index (κ3) is 2.79. The molecule has 0 radical (unpaired) electrons. The van der Waals surface area contributed by atoms with E-state index in [4.69, 9.17) is 11.5 Å². The fraction of sp³-hybridized carbons (Fsp3) is 0.417. The summed E-state index contributed by atoms with van der Waals surface area (Å²) >= 11 is 3.38. The van der Waals surface area contributed by atoms with Crippen molar-refractivity contribution in [2.45, 2.75) is 25.4 Å². The monoisotopic (exact) mass is 297 g/mol. The van der Waals surface area contributed by atoms with Crippen LogP contribution in [-0.2, 0) is 11.3 Å². The molecule has 1 aliphatic rings. The summed E-state index contributed by atoms with van der Waals surface area (Å²) < 4.78 is 0.964. The second kappa shape index (κ2) is 5.06. The molecule has 0 saturated carbocycles. The molecule has 1 amide bonds. The van der Waals surface area contributed by atoms with Crippen molar-refractivity contribution in [3.8, 4) is 0 Å². The molecule has 4 nitrogen and oxygen atoms in total. The highest BCUT2D eigenvalue weighted by atomic mass is 79.9. The second-order valence-corrected chi connectivity index (χ2v) is 5.29. The Hall–Kier alpha value is -1.07. The van der Waals surface area contributed by atoms with Gasteiger partial charge in [0.1, 0.15) is 0 Å². The molecule has 0 spiro atoms. The molecule has 1 heterocycles. The molecule has 0 aliphatic carbocycles. The first kappa shape index (κ1) is 12.4. The van der Waals surface area contributed by atoms with Crippen LogP contribution in [0.3, 0.4) is 0 Å². The highest BCUT2D eigenvalue weighted by Gasteiger charge is 2.28. The van der Waals surface area contributed by atoms with Crippen LogP contribution in [0.15, 0.2) is 22.7 Å². The van der Waals surface area contributed by atoms with Crippen molar-refractivity contribution in [2.24, 2.45) is 5.73 Å². The molecule has 1 saturated heterocycles. The fourth-order valence-electron chi connectivity index (χ4n) is 2.27. The van der Waals surface area contributed by atoms with Crippen molar-refractivity contribution >= 4 is 27.5 Å². The largest absolute Gasteiger partial charge is 0.398 e. The molecular formula is C12H16BrN3O. The number of primary amides is 1. The Morgan fingerprint density at radius 2 is 2.29 bits per heavy atom.